The molecule has 4 N–H and O–H groups in total. The zero-order valence-electron chi connectivity index (χ0n) is 4.37. The summed E-state index contributed by atoms with van der Waals surface area (Å²) in [5.41, 5.74) is 4.97. The molecule has 2 atom stereocenters. The van der Waals surface area contributed by atoms with E-state index in [1.165, 1.54) is 0 Å². The molecule has 2 unspecified atom stereocenters. The molecule has 0 spiro atoms. The number of hydrogen-bond acceptors (Lipinski definition) is 3. The molecule has 0 fully saturated rings. The fraction of sp³-hybridized carbons (Fsp3) is 1.00. The Labute approximate surface area is 48.2 Å². The molecule has 0 heterocycles. The van der Waals surface area contributed by atoms with Crippen molar-refractivity contribution in [2.24, 2.45) is 5.73 Å². The highest BCUT2D eigenvalue weighted by molar-refractivity contribution is 7.38. The Hall–Kier alpha value is 0.110. The van der Waals surface area contributed by atoms with E-state index in [2.05, 4.69) is 0 Å². The summed E-state index contributed by atoms with van der Waals surface area (Å²) in [6.07, 6.45) is 0.203. The van der Waals surface area contributed by atoms with Crippen LogP contribution in [0.5, 0.6) is 0 Å². The molecule has 4 nitrogen and oxygen atoms in total. The van der Waals surface area contributed by atoms with E-state index in [0.717, 1.165) is 0 Å². The maximum absolute atomic E-state index is 9.97. The Bertz CT molecular complexity index is 86.6. The Morgan fingerprint density at radius 3 is 2.38 bits per heavy atom. The molecule has 0 aliphatic heterocycles. The molecule has 0 aromatic heterocycles. The average molecular weight is 139 g/mol. The molecule has 0 aromatic carbocycles. The second-order valence-corrected chi connectivity index (χ2v) is 2.77. The summed E-state index contributed by atoms with van der Waals surface area (Å²) in [5, 5.41) is 8.53. The van der Waals surface area contributed by atoms with Crippen molar-refractivity contribution in [1.29, 1.82) is 0 Å². The summed E-state index contributed by atoms with van der Waals surface area (Å²) in [4.78, 5) is 8.19. The fourth-order valence-corrected chi connectivity index (χ4v) is 0.695. The van der Waals surface area contributed by atoms with Gasteiger partial charge in [0.2, 0.25) is 8.03 Å². The fourth-order valence-electron chi connectivity index (χ4n) is 0.281. The first-order chi connectivity index (χ1) is 3.68. The molecule has 50 valence electrons. The minimum Gasteiger partial charge on any atom is -0.383 e. The van der Waals surface area contributed by atoms with Crippen LogP contribution in [0.4, 0.5) is 0 Å². The highest BCUT2D eigenvalue weighted by Crippen LogP contribution is 2.21. The van der Waals surface area contributed by atoms with Crippen LogP contribution in [0.1, 0.15) is 6.42 Å². The third-order valence-electron chi connectivity index (χ3n) is 0.725. The van der Waals surface area contributed by atoms with Crippen LogP contribution < -0.4 is 5.73 Å². The van der Waals surface area contributed by atoms with Crippen molar-refractivity contribution in [2.45, 2.75) is 12.3 Å². The number of aliphatic hydroxyl groups is 1. The van der Waals surface area contributed by atoms with Crippen molar-refractivity contribution >= 4 is 8.03 Å². The molecule has 0 aliphatic rings. The first kappa shape index (κ1) is 8.11. The van der Waals surface area contributed by atoms with Crippen molar-refractivity contribution in [3.63, 3.8) is 0 Å². The van der Waals surface area contributed by atoms with Crippen LogP contribution in [0.2, 0.25) is 0 Å². The van der Waals surface area contributed by atoms with Crippen LogP contribution in [-0.4, -0.2) is 22.4 Å². The van der Waals surface area contributed by atoms with Gasteiger partial charge in [-0.3, -0.25) is 4.57 Å². The van der Waals surface area contributed by atoms with E-state index in [4.69, 9.17) is 15.7 Å². The first-order valence-electron chi connectivity index (χ1n) is 2.29. The van der Waals surface area contributed by atoms with Gasteiger partial charge in [0, 0.05) is 0 Å². The quantitative estimate of drug-likeness (QED) is 0.443. The molecule has 0 saturated heterocycles. The molecule has 0 rings (SSSR count). The van der Waals surface area contributed by atoms with Crippen molar-refractivity contribution in [3.05, 3.63) is 0 Å². The van der Waals surface area contributed by atoms with Crippen LogP contribution in [0.3, 0.4) is 0 Å². The van der Waals surface area contributed by atoms with E-state index >= 15 is 0 Å². The number of nitrogens with two attached hydrogens (primary N) is 1. The van der Waals surface area contributed by atoms with Gasteiger partial charge in [-0.05, 0) is 13.0 Å². The summed E-state index contributed by atoms with van der Waals surface area (Å²) < 4.78 is 9.97. The highest BCUT2D eigenvalue weighted by Gasteiger charge is 2.06. The van der Waals surface area contributed by atoms with E-state index in [1.807, 2.05) is 0 Å². The summed E-state index contributed by atoms with van der Waals surface area (Å²) in [6, 6.07) is 0. The SMILES string of the molecule is NCCC(O)[PH](=O)O. The number of rotatable bonds is 3. The Morgan fingerprint density at radius 2 is 2.25 bits per heavy atom. The van der Waals surface area contributed by atoms with Gasteiger partial charge >= 0.3 is 0 Å². The number of aliphatic hydroxyl groups excluding tert-OH is 1. The van der Waals surface area contributed by atoms with Gasteiger partial charge in [-0.25, -0.2) is 0 Å². The third kappa shape index (κ3) is 3.16. The second-order valence-electron chi connectivity index (χ2n) is 1.43. The molecular formula is C3H10NO3P. The van der Waals surface area contributed by atoms with Crippen LogP contribution >= 0.6 is 8.03 Å². The molecule has 5 heteroatoms. The lowest BCUT2D eigenvalue weighted by Crippen LogP contribution is -2.08. The zero-order chi connectivity index (χ0) is 6.57. The smallest absolute Gasteiger partial charge is 0.216 e. The molecule has 0 saturated carbocycles. The molecule has 0 radical (unpaired) electrons. The van der Waals surface area contributed by atoms with Gasteiger partial charge in [0.25, 0.3) is 0 Å². The van der Waals surface area contributed by atoms with E-state index in [-0.39, 0.29) is 13.0 Å². The zero-order valence-corrected chi connectivity index (χ0v) is 5.37. The maximum atomic E-state index is 9.97. The summed E-state index contributed by atoms with van der Waals surface area (Å²) in [6.45, 7) is 0.248. The molecule has 0 aliphatic carbocycles. The topological polar surface area (TPSA) is 83.5 Å². The Morgan fingerprint density at radius 1 is 1.75 bits per heavy atom. The van der Waals surface area contributed by atoms with Gasteiger partial charge in [-0.2, -0.15) is 0 Å². The minimum atomic E-state index is -2.75. The second kappa shape index (κ2) is 4.04. The van der Waals surface area contributed by atoms with Crippen molar-refractivity contribution in [3.8, 4) is 0 Å². The monoisotopic (exact) mass is 139 g/mol. The standard InChI is InChI=1S/C3H10NO3P/c4-2-1-3(5)8(6)7/h3,5,8H,1-2,4H2,(H,6,7). The van der Waals surface area contributed by atoms with Crippen LogP contribution in [0, 0.1) is 0 Å². The lowest BCUT2D eigenvalue weighted by molar-refractivity contribution is 0.230. The molecular weight excluding hydrogens is 129 g/mol. The Balaban J connectivity index is 3.32. The lowest BCUT2D eigenvalue weighted by atomic mass is 10.5. The normalized spacial score (nSPS) is 17.9. The predicted octanol–water partition coefficient (Wildman–Crippen LogP) is -0.879. The summed E-state index contributed by atoms with van der Waals surface area (Å²) in [5.74, 6) is -1.11. The number of hydrogen-bond donors (Lipinski definition) is 3. The minimum absolute atomic E-state index is 0.203. The van der Waals surface area contributed by atoms with E-state index in [0.29, 0.717) is 0 Å². The van der Waals surface area contributed by atoms with Gasteiger partial charge < -0.3 is 15.7 Å². The molecule has 0 amide bonds. The molecule has 0 aromatic rings. The van der Waals surface area contributed by atoms with Crippen LogP contribution in [0.25, 0.3) is 0 Å². The van der Waals surface area contributed by atoms with Crippen LogP contribution in [0.15, 0.2) is 0 Å². The molecule has 8 heavy (non-hydrogen) atoms. The average Bonchev–Trinajstić information content (AvgIpc) is 1.67. The van der Waals surface area contributed by atoms with Crippen LogP contribution in [-0.2, 0) is 4.57 Å². The summed E-state index contributed by atoms with van der Waals surface area (Å²) in [7, 11) is -2.75. The van der Waals surface area contributed by atoms with Gasteiger partial charge in [0.1, 0.15) is 5.85 Å². The van der Waals surface area contributed by atoms with Gasteiger partial charge in [-0.15, -0.1) is 0 Å². The van der Waals surface area contributed by atoms with E-state index in [9.17, 15) is 4.57 Å². The maximum Gasteiger partial charge on any atom is 0.216 e. The van der Waals surface area contributed by atoms with E-state index in [1.54, 1.807) is 0 Å². The molecule has 0 bridgehead atoms. The lowest BCUT2D eigenvalue weighted by Gasteiger charge is -2.01. The van der Waals surface area contributed by atoms with E-state index < -0.39 is 13.9 Å². The Kier molecular flexibility index (Phi) is 4.09. The van der Waals surface area contributed by atoms with Crippen molar-refractivity contribution < 1.29 is 14.6 Å². The highest BCUT2D eigenvalue weighted by atomic mass is 31.1. The largest absolute Gasteiger partial charge is 0.383 e. The predicted molar refractivity (Wildman–Crippen MR) is 30.9 cm³/mol. The first-order valence-corrected chi connectivity index (χ1v) is 3.72. The van der Waals surface area contributed by atoms with Gasteiger partial charge in [0.15, 0.2) is 0 Å². The van der Waals surface area contributed by atoms with Gasteiger partial charge in [-0.1, -0.05) is 0 Å². The summed E-state index contributed by atoms with van der Waals surface area (Å²) >= 11 is 0. The van der Waals surface area contributed by atoms with Crippen molar-refractivity contribution in [2.75, 3.05) is 6.54 Å². The van der Waals surface area contributed by atoms with Crippen molar-refractivity contribution in [1.82, 2.24) is 0 Å². The van der Waals surface area contributed by atoms with Gasteiger partial charge in [0.05, 0.1) is 0 Å². The third-order valence-corrected chi connectivity index (χ3v) is 1.58.